The van der Waals surface area contributed by atoms with E-state index in [2.05, 4.69) is 18.7 Å². The van der Waals surface area contributed by atoms with Gasteiger partial charge >= 0.3 is 5.97 Å². The molecule has 118 valence electrons. The number of likely N-dealkylation sites (N-methyl/N-ethyl adjacent to an activating group) is 1. The van der Waals surface area contributed by atoms with Crippen molar-refractivity contribution in [3.8, 4) is 5.75 Å². The number of benzene rings is 1. The highest BCUT2D eigenvalue weighted by Crippen LogP contribution is 2.13. The Labute approximate surface area is 126 Å². The van der Waals surface area contributed by atoms with Crippen molar-refractivity contribution in [1.82, 2.24) is 4.90 Å². The van der Waals surface area contributed by atoms with Gasteiger partial charge in [-0.2, -0.15) is 0 Å². The Bertz CT molecular complexity index is 419. The molecule has 0 aliphatic rings. The second-order valence-electron chi connectivity index (χ2n) is 5.00. The first-order valence-corrected chi connectivity index (χ1v) is 7.23. The number of rotatable bonds is 10. The summed E-state index contributed by atoms with van der Waals surface area (Å²) in [4.78, 5) is 12.9. The molecular formula is C16H25NO4. The number of methoxy groups -OCH3 is 1. The van der Waals surface area contributed by atoms with Crippen molar-refractivity contribution in [3.63, 3.8) is 0 Å². The molecule has 1 atom stereocenters. The molecule has 1 rings (SSSR count). The van der Waals surface area contributed by atoms with Gasteiger partial charge in [0.15, 0.2) is 0 Å². The van der Waals surface area contributed by atoms with E-state index in [-0.39, 0.29) is 6.42 Å². The van der Waals surface area contributed by atoms with Crippen LogP contribution >= 0.6 is 0 Å². The van der Waals surface area contributed by atoms with Crippen molar-refractivity contribution in [2.75, 3.05) is 33.4 Å². The van der Waals surface area contributed by atoms with Gasteiger partial charge < -0.3 is 14.6 Å². The van der Waals surface area contributed by atoms with Gasteiger partial charge in [0, 0.05) is 19.7 Å². The van der Waals surface area contributed by atoms with E-state index in [0.717, 1.165) is 24.4 Å². The zero-order chi connectivity index (χ0) is 15.7. The van der Waals surface area contributed by atoms with Gasteiger partial charge in [-0.1, -0.05) is 19.1 Å². The summed E-state index contributed by atoms with van der Waals surface area (Å²) < 4.78 is 10.9. The summed E-state index contributed by atoms with van der Waals surface area (Å²) in [6.45, 7) is 7.34. The van der Waals surface area contributed by atoms with Gasteiger partial charge in [-0.05, 0) is 31.2 Å². The summed E-state index contributed by atoms with van der Waals surface area (Å²) >= 11 is 0. The normalized spacial score (nSPS) is 12.4. The standard InChI is InChI=1S/C16H25NO4/c1-4-17(13(2)12-20-3)9-10-21-15-7-5-14(6-8-15)11-16(18)19/h5-8,13H,4,9-12H2,1-3H3,(H,18,19). The zero-order valence-corrected chi connectivity index (χ0v) is 13.0. The van der Waals surface area contributed by atoms with E-state index in [9.17, 15) is 4.79 Å². The van der Waals surface area contributed by atoms with Crippen LogP contribution in [0, 0.1) is 0 Å². The van der Waals surface area contributed by atoms with Crippen LogP contribution in [0.5, 0.6) is 5.75 Å². The molecular weight excluding hydrogens is 270 g/mol. The highest BCUT2D eigenvalue weighted by atomic mass is 16.5. The van der Waals surface area contributed by atoms with Crippen LogP contribution in [0.15, 0.2) is 24.3 Å². The molecule has 0 fully saturated rings. The average Bonchev–Trinajstić information content (AvgIpc) is 2.45. The maximum atomic E-state index is 10.6. The van der Waals surface area contributed by atoms with Gasteiger partial charge in [-0.25, -0.2) is 0 Å². The molecule has 0 radical (unpaired) electrons. The van der Waals surface area contributed by atoms with E-state index in [1.807, 2.05) is 12.1 Å². The van der Waals surface area contributed by atoms with E-state index < -0.39 is 5.97 Å². The third-order valence-corrected chi connectivity index (χ3v) is 3.36. The van der Waals surface area contributed by atoms with Crippen LogP contribution in [-0.4, -0.2) is 55.4 Å². The fourth-order valence-electron chi connectivity index (χ4n) is 2.20. The molecule has 1 aromatic carbocycles. The van der Waals surface area contributed by atoms with Crippen LogP contribution in [0.25, 0.3) is 0 Å². The molecule has 21 heavy (non-hydrogen) atoms. The van der Waals surface area contributed by atoms with E-state index in [0.29, 0.717) is 19.3 Å². The Kier molecular flexibility index (Phi) is 7.79. The van der Waals surface area contributed by atoms with Crippen LogP contribution < -0.4 is 4.74 Å². The molecule has 0 saturated carbocycles. The second kappa shape index (κ2) is 9.37. The van der Waals surface area contributed by atoms with E-state index in [4.69, 9.17) is 14.6 Å². The fraction of sp³-hybridized carbons (Fsp3) is 0.562. The summed E-state index contributed by atoms with van der Waals surface area (Å²) in [5.41, 5.74) is 0.777. The molecule has 1 N–H and O–H groups in total. The van der Waals surface area contributed by atoms with Crippen molar-refractivity contribution in [3.05, 3.63) is 29.8 Å². The predicted molar refractivity (Wildman–Crippen MR) is 81.9 cm³/mol. The number of hydrogen-bond acceptors (Lipinski definition) is 4. The highest BCUT2D eigenvalue weighted by Gasteiger charge is 2.11. The first kappa shape index (κ1) is 17.5. The molecule has 0 heterocycles. The molecule has 0 aliphatic heterocycles. The second-order valence-corrected chi connectivity index (χ2v) is 5.00. The van der Waals surface area contributed by atoms with Gasteiger partial charge in [0.2, 0.25) is 0 Å². The van der Waals surface area contributed by atoms with Crippen molar-refractivity contribution in [2.24, 2.45) is 0 Å². The smallest absolute Gasteiger partial charge is 0.307 e. The Balaban J connectivity index is 2.39. The lowest BCUT2D eigenvalue weighted by molar-refractivity contribution is -0.136. The minimum absolute atomic E-state index is 0.0401. The van der Waals surface area contributed by atoms with Crippen molar-refractivity contribution in [2.45, 2.75) is 26.3 Å². The molecule has 0 bridgehead atoms. The number of hydrogen-bond donors (Lipinski definition) is 1. The molecule has 5 heteroatoms. The lowest BCUT2D eigenvalue weighted by Crippen LogP contribution is -2.38. The van der Waals surface area contributed by atoms with Crippen LogP contribution in [-0.2, 0) is 16.0 Å². The first-order valence-electron chi connectivity index (χ1n) is 7.23. The third-order valence-electron chi connectivity index (χ3n) is 3.36. The van der Waals surface area contributed by atoms with Gasteiger partial charge in [0.1, 0.15) is 12.4 Å². The minimum atomic E-state index is -0.825. The number of aliphatic carboxylic acids is 1. The van der Waals surface area contributed by atoms with Gasteiger partial charge in [-0.3, -0.25) is 9.69 Å². The Hall–Kier alpha value is -1.59. The predicted octanol–water partition coefficient (Wildman–Crippen LogP) is 2.05. The highest BCUT2D eigenvalue weighted by molar-refractivity contribution is 5.70. The average molecular weight is 295 g/mol. The number of ether oxygens (including phenoxy) is 2. The monoisotopic (exact) mass is 295 g/mol. The summed E-state index contributed by atoms with van der Waals surface area (Å²) in [7, 11) is 1.71. The minimum Gasteiger partial charge on any atom is -0.492 e. The Morgan fingerprint density at radius 1 is 1.33 bits per heavy atom. The fourth-order valence-corrected chi connectivity index (χ4v) is 2.20. The topological polar surface area (TPSA) is 59.0 Å². The van der Waals surface area contributed by atoms with Gasteiger partial charge in [0.25, 0.3) is 0 Å². The quantitative estimate of drug-likeness (QED) is 0.716. The van der Waals surface area contributed by atoms with Crippen molar-refractivity contribution < 1.29 is 19.4 Å². The maximum Gasteiger partial charge on any atom is 0.307 e. The Morgan fingerprint density at radius 3 is 2.52 bits per heavy atom. The molecule has 0 aromatic heterocycles. The Morgan fingerprint density at radius 2 is 2.00 bits per heavy atom. The lowest BCUT2D eigenvalue weighted by atomic mass is 10.1. The van der Waals surface area contributed by atoms with E-state index in [1.165, 1.54) is 0 Å². The van der Waals surface area contributed by atoms with Crippen LogP contribution in [0.1, 0.15) is 19.4 Å². The molecule has 5 nitrogen and oxygen atoms in total. The molecule has 1 unspecified atom stereocenters. The van der Waals surface area contributed by atoms with Gasteiger partial charge in [0.05, 0.1) is 13.0 Å². The summed E-state index contributed by atoms with van der Waals surface area (Å²) in [6.07, 6.45) is 0.0401. The third kappa shape index (κ3) is 6.60. The van der Waals surface area contributed by atoms with Crippen molar-refractivity contribution in [1.29, 1.82) is 0 Å². The van der Waals surface area contributed by atoms with Crippen LogP contribution in [0.2, 0.25) is 0 Å². The SMILES string of the molecule is CCN(CCOc1ccc(CC(=O)O)cc1)C(C)COC. The summed E-state index contributed by atoms with van der Waals surface area (Å²) in [5.74, 6) is -0.0611. The molecule has 0 aliphatic carbocycles. The van der Waals surface area contributed by atoms with Gasteiger partial charge in [-0.15, -0.1) is 0 Å². The van der Waals surface area contributed by atoms with Crippen molar-refractivity contribution >= 4 is 5.97 Å². The molecule has 1 aromatic rings. The summed E-state index contributed by atoms with van der Waals surface area (Å²) in [5, 5.41) is 8.71. The number of carbonyl (C=O) groups is 1. The lowest BCUT2D eigenvalue weighted by Gasteiger charge is -2.27. The number of nitrogens with zero attached hydrogens (tertiary/aromatic N) is 1. The number of carboxylic acids is 1. The van der Waals surface area contributed by atoms with E-state index >= 15 is 0 Å². The van der Waals surface area contributed by atoms with Crippen LogP contribution in [0.4, 0.5) is 0 Å². The van der Waals surface area contributed by atoms with Crippen LogP contribution in [0.3, 0.4) is 0 Å². The maximum absolute atomic E-state index is 10.6. The summed E-state index contributed by atoms with van der Waals surface area (Å²) in [6, 6.07) is 7.56. The molecule has 0 spiro atoms. The first-order chi connectivity index (χ1) is 10.1. The van der Waals surface area contributed by atoms with E-state index in [1.54, 1.807) is 19.2 Å². The number of carboxylic acid groups (broad SMARTS) is 1. The molecule has 0 amide bonds. The molecule has 0 saturated heterocycles. The largest absolute Gasteiger partial charge is 0.492 e. The zero-order valence-electron chi connectivity index (χ0n) is 13.0.